The van der Waals surface area contributed by atoms with Crippen LogP contribution in [-0.4, -0.2) is 52.9 Å². The molecule has 1 fully saturated rings. The molecule has 1 aromatic rings. The van der Waals surface area contributed by atoms with E-state index in [-0.39, 0.29) is 18.6 Å². The summed E-state index contributed by atoms with van der Waals surface area (Å²) >= 11 is 0. The molecule has 1 amide bonds. The van der Waals surface area contributed by atoms with Gasteiger partial charge in [-0.05, 0) is 12.5 Å². The van der Waals surface area contributed by atoms with Crippen molar-refractivity contribution in [2.75, 3.05) is 32.1 Å². The molecule has 0 bridgehead atoms. The molecule has 0 radical (unpaired) electrons. The Labute approximate surface area is 112 Å². The Bertz CT molecular complexity index is 444. The van der Waals surface area contributed by atoms with Crippen LogP contribution >= 0.6 is 0 Å². The number of morpholine rings is 1. The lowest BCUT2D eigenvalue weighted by molar-refractivity contribution is -0.0188. The molecule has 106 valence electrons. The summed E-state index contributed by atoms with van der Waals surface area (Å²) in [4.78, 5) is 14.2. The Balaban J connectivity index is 2.22. The van der Waals surface area contributed by atoms with Gasteiger partial charge in [-0.1, -0.05) is 6.92 Å². The highest BCUT2D eigenvalue weighted by molar-refractivity contribution is 5.94. The van der Waals surface area contributed by atoms with Gasteiger partial charge < -0.3 is 25.0 Å². The average Bonchev–Trinajstić information content (AvgIpc) is 2.79. The molecule has 3 N–H and O–H groups in total. The van der Waals surface area contributed by atoms with Gasteiger partial charge >= 0.3 is 0 Å². The monoisotopic (exact) mass is 267 g/mol. The smallest absolute Gasteiger partial charge is 0.271 e. The van der Waals surface area contributed by atoms with E-state index in [4.69, 9.17) is 10.5 Å². The molecule has 0 spiro atoms. The Kier molecular flexibility index (Phi) is 4.44. The molecule has 1 aromatic heterocycles. The van der Waals surface area contributed by atoms with E-state index in [1.165, 1.54) is 0 Å². The molecular formula is C13H21N3O3. The van der Waals surface area contributed by atoms with E-state index in [2.05, 4.69) is 6.92 Å². The van der Waals surface area contributed by atoms with Crippen LogP contribution in [0.2, 0.25) is 0 Å². The summed E-state index contributed by atoms with van der Waals surface area (Å²) < 4.78 is 7.16. The summed E-state index contributed by atoms with van der Waals surface area (Å²) in [5.41, 5.74) is 6.95. The van der Waals surface area contributed by atoms with Crippen molar-refractivity contribution >= 4 is 11.6 Å². The van der Waals surface area contributed by atoms with Crippen molar-refractivity contribution < 1.29 is 14.6 Å². The predicted octanol–water partition coefficient (Wildman–Crippen LogP) is 0.314. The molecule has 2 heterocycles. The number of aromatic nitrogens is 1. The zero-order valence-corrected chi connectivity index (χ0v) is 11.2. The number of aryl methyl sites for hydroxylation is 1. The van der Waals surface area contributed by atoms with Gasteiger partial charge in [0.1, 0.15) is 5.69 Å². The van der Waals surface area contributed by atoms with Gasteiger partial charge in [0.05, 0.1) is 31.5 Å². The van der Waals surface area contributed by atoms with E-state index in [1.807, 2.05) is 4.57 Å². The maximum absolute atomic E-state index is 12.6. The van der Waals surface area contributed by atoms with Crippen LogP contribution in [0.5, 0.6) is 0 Å². The van der Waals surface area contributed by atoms with Crippen molar-refractivity contribution in [2.24, 2.45) is 0 Å². The second-order valence-corrected chi connectivity index (χ2v) is 4.76. The number of nitrogens with two attached hydrogens (primary N) is 1. The minimum atomic E-state index is -0.271. The highest BCUT2D eigenvalue weighted by Crippen LogP contribution is 2.17. The molecular weight excluding hydrogens is 246 g/mol. The highest BCUT2D eigenvalue weighted by Gasteiger charge is 2.29. The van der Waals surface area contributed by atoms with Crippen LogP contribution in [0.3, 0.4) is 0 Å². The lowest BCUT2D eigenvalue weighted by Gasteiger charge is -2.34. The minimum Gasteiger partial charge on any atom is -0.397 e. The number of aliphatic hydroxyl groups excluding tert-OH is 1. The zero-order valence-electron chi connectivity index (χ0n) is 11.2. The Morgan fingerprint density at radius 1 is 1.63 bits per heavy atom. The van der Waals surface area contributed by atoms with Crippen LogP contribution in [0.15, 0.2) is 12.3 Å². The van der Waals surface area contributed by atoms with Crippen molar-refractivity contribution in [3.05, 3.63) is 18.0 Å². The first-order chi connectivity index (χ1) is 9.17. The summed E-state index contributed by atoms with van der Waals surface area (Å²) in [5.74, 6) is -0.0903. The number of carbonyl (C=O) groups excluding carboxylic acids is 1. The second-order valence-electron chi connectivity index (χ2n) is 4.76. The van der Waals surface area contributed by atoms with E-state index in [0.717, 1.165) is 13.0 Å². The first-order valence-corrected chi connectivity index (χ1v) is 6.62. The van der Waals surface area contributed by atoms with Crippen LogP contribution in [0.25, 0.3) is 0 Å². The topological polar surface area (TPSA) is 80.7 Å². The number of hydrogen-bond donors (Lipinski definition) is 2. The fourth-order valence-corrected chi connectivity index (χ4v) is 2.36. The van der Waals surface area contributed by atoms with E-state index < -0.39 is 0 Å². The molecule has 1 saturated heterocycles. The average molecular weight is 267 g/mol. The minimum absolute atomic E-state index is 0.0876. The largest absolute Gasteiger partial charge is 0.397 e. The van der Waals surface area contributed by atoms with Crippen LogP contribution in [0.4, 0.5) is 5.69 Å². The standard InChI is InChI=1S/C13H21N3O3/c1-2-3-15-7-10(14)6-12(15)13(18)16-4-5-19-9-11(16)8-17/h6-7,11,17H,2-5,8-9,14H2,1H3. The van der Waals surface area contributed by atoms with Crippen molar-refractivity contribution in [3.63, 3.8) is 0 Å². The summed E-state index contributed by atoms with van der Waals surface area (Å²) in [5, 5.41) is 9.33. The van der Waals surface area contributed by atoms with E-state index in [9.17, 15) is 9.90 Å². The quantitative estimate of drug-likeness (QED) is 0.823. The third kappa shape index (κ3) is 2.90. The molecule has 19 heavy (non-hydrogen) atoms. The molecule has 0 aliphatic carbocycles. The molecule has 0 aromatic carbocycles. The van der Waals surface area contributed by atoms with Gasteiger partial charge in [-0.3, -0.25) is 4.79 Å². The Morgan fingerprint density at radius 3 is 3.11 bits per heavy atom. The van der Waals surface area contributed by atoms with Crippen LogP contribution < -0.4 is 5.73 Å². The molecule has 1 aliphatic heterocycles. The van der Waals surface area contributed by atoms with Crippen LogP contribution in [0.1, 0.15) is 23.8 Å². The summed E-state index contributed by atoms with van der Waals surface area (Å²) in [6.07, 6.45) is 2.71. The number of nitrogens with zero attached hydrogens (tertiary/aromatic N) is 2. The molecule has 6 heteroatoms. The molecule has 0 saturated carbocycles. The van der Waals surface area contributed by atoms with E-state index >= 15 is 0 Å². The van der Waals surface area contributed by atoms with Gasteiger partial charge in [0, 0.05) is 19.3 Å². The van der Waals surface area contributed by atoms with Crippen LogP contribution in [0, 0.1) is 0 Å². The van der Waals surface area contributed by atoms with Gasteiger partial charge in [0.15, 0.2) is 0 Å². The SMILES string of the molecule is CCCn1cc(N)cc1C(=O)N1CCOCC1CO. The third-order valence-corrected chi connectivity index (χ3v) is 3.30. The lowest BCUT2D eigenvalue weighted by atomic mass is 10.2. The van der Waals surface area contributed by atoms with Crippen molar-refractivity contribution in [3.8, 4) is 0 Å². The normalized spacial score (nSPS) is 19.7. The number of nitrogen functional groups attached to an aromatic ring is 1. The predicted molar refractivity (Wildman–Crippen MR) is 71.9 cm³/mol. The van der Waals surface area contributed by atoms with Crippen LogP contribution in [-0.2, 0) is 11.3 Å². The summed E-state index contributed by atoms with van der Waals surface area (Å²) in [7, 11) is 0. The molecule has 1 unspecified atom stereocenters. The number of rotatable bonds is 4. The van der Waals surface area contributed by atoms with Crippen molar-refractivity contribution in [2.45, 2.75) is 25.9 Å². The first kappa shape index (κ1) is 13.9. The first-order valence-electron chi connectivity index (χ1n) is 6.62. The molecule has 1 aliphatic rings. The van der Waals surface area contributed by atoms with Gasteiger partial charge in [-0.2, -0.15) is 0 Å². The van der Waals surface area contributed by atoms with Gasteiger partial charge in [0.2, 0.25) is 0 Å². The summed E-state index contributed by atoms with van der Waals surface area (Å²) in [6, 6.07) is 1.43. The van der Waals surface area contributed by atoms with Gasteiger partial charge in [0.25, 0.3) is 5.91 Å². The second kappa shape index (κ2) is 6.08. The molecule has 6 nitrogen and oxygen atoms in total. The number of ether oxygens (including phenoxy) is 1. The van der Waals surface area contributed by atoms with E-state index in [0.29, 0.717) is 31.1 Å². The zero-order chi connectivity index (χ0) is 13.8. The lowest BCUT2D eigenvalue weighted by Crippen LogP contribution is -2.50. The maximum atomic E-state index is 12.6. The number of aliphatic hydroxyl groups is 1. The Hall–Kier alpha value is -1.53. The fourth-order valence-electron chi connectivity index (χ4n) is 2.36. The Morgan fingerprint density at radius 2 is 2.42 bits per heavy atom. The molecule has 2 rings (SSSR count). The number of hydrogen-bond acceptors (Lipinski definition) is 4. The van der Waals surface area contributed by atoms with Gasteiger partial charge in [-0.25, -0.2) is 0 Å². The highest BCUT2D eigenvalue weighted by atomic mass is 16.5. The van der Waals surface area contributed by atoms with Crippen molar-refractivity contribution in [1.29, 1.82) is 0 Å². The number of carbonyl (C=O) groups is 1. The third-order valence-electron chi connectivity index (χ3n) is 3.30. The number of anilines is 1. The van der Waals surface area contributed by atoms with Gasteiger partial charge in [-0.15, -0.1) is 0 Å². The molecule has 1 atom stereocenters. The maximum Gasteiger partial charge on any atom is 0.271 e. The summed E-state index contributed by atoms with van der Waals surface area (Å²) in [6.45, 7) is 4.11. The van der Waals surface area contributed by atoms with E-state index in [1.54, 1.807) is 17.2 Å². The van der Waals surface area contributed by atoms with Crippen molar-refractivity contribution in [1.82, 2.24) is 9.47 Å². The number of amides is 1. The fraction of sp³-hybridized carbons (Fsp3) is 0.615.